The van der Waals surface area contributed by atoms with Gasteiger partial charge in [-0.25, -0.2) is 14.0 Å². The van der Waals surface area contributed by atoms with Crippen LogP contribution in [0.4, 0.5) is 4.39 Å². The Labute approximate surface area is 89.4 Å². The topological polar surface area (TPSA) is 64.1 Å². The number of carbonyl (C=O) groups excluding carboxylic acids is 1. The van der Waals surface area contributed by atoms with Crippen LogP contribution in [0.2, 0.25) is 0 Å². The first-order chi connectivity index (χ1) is 7.56. The van der Waals surface area contributed by atoms with E-state index in [4.69, 9.17) is 0 Å². The molecular formula is C10H9FN2O3. The molecule has 0 unspecified atom stereocenters. The number of carbonyl (C=O) groups is 1. The largest absolute Gasteiger partial charge is 0.465 e. The van der Waals surface area contributed by atoms with Gasteiger partial charge in [-0.3, -0.25) is 4.57 Å². The Morgan fingerprint density at radius 2 is 2.19 bits per heavy atom. The third-order valence-corrected chi connectivity index (χ3v) is 2.42. The molecule has 0 spiro atoms. The molecule has 0 bridgehead atoms. The summed E-state index contributed by atoms with van der Waals surface area (Å²) in [6.07, 6.45) is 0. The van der Waals surface area contributed by atoms with Gasteiger partial charge in [-0.2, -0.15) is 0 Å². The summed E-state index contributed by atoms with van der Waals surface area (Å²) in [6, 6.07) is 2.78. The van der Waals surface area contributed by atoms with E-state index in [0.29, 0.717) is 5.52 Å². The monoisotopic (exact) mass is 224 g/mol. The number of hydrogen-bond acceptors (Lipinski definition) is 3. The number of aryl methyl sites for hydroxylation is 1. The maximum atomic E-state index is 13.8. The van der Waals surface area contributed by atoms with Gasteiger partial charge in [-0.05, 0) is 12.1 Å². The Morgan fingerprint density at radius 3 is 2.81 bits per heavy atom. The van der Waals surface area contributed by atoms with E-state index in [2.05, 4.69) is 9.72 Å². The van der Waals surface area contributed by atoms with Crippen LogP contribution >= 0.6 is 0 Å². The van der Waals surface area contributed by atoms with Crippen molar-refractivity contribution in [3.8, 4) is 0 Å². The van der Waals surface area contributed by atoms with Crippen LogP contribution in [0.15, 0.2) is 16.9 Å². The van der Waals surface area contributed by atoms with Gasteiger partial charge in [0.1, 0.15) is 5.52 Å². The van der Waals surface area contributed by atoms with E-state index < -0.39 is 17.5 Å². The summed E-state index contributed by atoms with van der Waals surface area (Å²) in [6.45, 7) is 0. The number of H-pyrrole nitrogens is 1. The fourth-order valence-corrected chi connectivity index (χ4v) is 1.53. The molecule has 2 aromatic rings. The highest BCUT2D eigenvalue weighted by atomic mass is 19.1. The SMILES string of the molecule is COC(=O)c1ccc2c([nH]c(=O)n2C)c1F. The summed E-state index contributed by atoms with van der Waals surface area (Å²) in [5, 5.41) is 0. The fraction of sp³-hybridized carbons (Fsp3) is 0.200. The average molecular weight is 224 g/mol. The van der Waals surface area contributed by atoms with Gasteiger partial charge < -0.3 is 9.72 Å². The van der Waals surface area contributed by atoms with Gasteiger partial charge in [0.25, 0.3) is 0 Å². The Kier molecular flexibility index (Phi) is 2.26. The molecule has 0 atom stereocenters. The van der Waals surface area contributed by atoms with Crippen molar-refractivity contribution in [2.24, 2.45) is 7.05 Å². The first-order valence-corrected chi connectivity index (χ1v) is 4.51. The third kappa shape index (κ3) is 1.30. The first kappa shape index (κ1) is 10.4. The van der Waals surface area contributed by atoms with Crippen LogP contribution < -0.4 is 5.69 Å². The highest BCUT2D eigenvalue weighted by Gasteiger charge is 2.17. The lowest BCUT2D eigenvalue weighted by molar-refractivity contribution is 0.0596. The standard InChI is InChI=1S/C10H9FN2O3/c1-13-6-4-3-5(9(14)16-2)7(11)8(6)12-10(13)15/h3-4H,1-2H3,(H,12,15). The van der Waals surface area contributed by atoms with Crippen molar-refractivity contribution >= 4 is 17.0 Å². The van der Waals surface area contributed by atoms with Crippen LogP contribution in [0.3, 0.4) is 0 Å². The maximum absolute atomic E-state index is 13.8. The summed E-state index contributed by atoms with van der Waals surface area (Å²) in [5.74, 6) is -1.55. The van der Waals surface area contributed by atoms with Crippen LogP contribution in [0, 0.1) is 5.82 Å². The van der Waals surface area contributed by atoms with E-state index in [-0.39, 0.29) is 11.1 Å². The van der Waals surface area contributed by atoms with Gasteiger partial charge in [-0.1, -0.05) is 0 Å². The normalized spacial score (nSPS) is 10.7. The first-order valence-electron chi connectivity index (χ1n) is 4.51. The van der Waals surface area contributed by atoms with E-state index in [9.17, 15) is 14.0 Å². The van der Waals surface area contributed by atoms with Gasteiger partial charge in [0, 0.05) is 7.05 Å². The van der Waals surface area contributed by atoms with E-state index in [0.717, 1.165) is 0 Å². The number of fused-ring (bicyclic) bond motifs is 1. The molecular weight excluding hydrogens is 215 g/mol. The fourth-order valence-electron chi connectivity index (χ4n) is 1.53. The molecule has 0 radical (unpaired) electrons. The van der Waals surface area contributed by atoms with E-state index in [1.165, 1.54) is 30.9 Å². The molecule has 1 aromatic carbocycles. The minimum absolute atomic E-state index is 0.00963. The Hall–Kier alpha value is -2.11. The second-order valence-electron chi connectivity index (χ2n) is 3.30. The molecule has 2 rings (SSSR count). The summed E-state index contributed by atoms with van der Waals surface area (Å²) in [5.41, 5.74) is -0.224. The summed E-state index contributed by atoms with van der Waals surface area (Å²) < 4.78 is 19.5. The minimum atomic E-state index is -0.776. The van der Waals surface area contributed by atoms with Crippen LogP contribution in [-0.4, -0.2) is 22.6 Å². The zero-order chi connectivity index (χ0) is 11.9. The number of ether oxygens (including phenoxy) is 1. The highest BCUT2D eigenvalue weighted by molar-refractivity contribution is 5.94. The Balaban J connectivity index is 2.80. The van der Waals surface area contributed by atoms with Crippen molar-refractivity contribution in [1.29, 1.82) is 0 Å². The zero-order valence-corrected chi connectivity index (χ0v) is 8.70. The van der Waals surface area contributed by atoms with E-state index in [1.54, 1.807) is 0 Å². The molecule has 84 valence electrons. The molecule has 0 amide bonds. The molecule has 1 heterocycles. The molecule has 0 saturated heterocycles. The number of imidazole rings is 1. The Bertz CT molecular complexity index is 627. The number of rotatable bonds is 1. The maximum Gasteiger partial charge on any atom is 0.340 e. The van der Waals surface area contributed by atoms with E-state index in [1.807, 2.05) is 0 Å². The summed E-state index contributed by atoms with van der Waals surface area (Å²) in [4.78, 5) is 24.8. The van der Waals surface area contributed by atoms with Crippen LogP contribution in [0.5, 0.6) is 0 Å². The van der Waals surface area contributed by atoms with Crippen molar-refractivity contribution in [3.05, 3.63) is 34.0 Å². The number of benzene rings is 1. The second kappa shape index (κ2) is 3.48. The molecule has 0 fully saturated rings. The predicted octanol–water partition coefficient (Wildman–Crippen LogP) is 0.792. The van der Waals surface area contributed by atoms with Gasteiger partial charge in [0.15, 0.2) is 5.82 Å². The number of aromatic nitrogens is 2. The number of esters is 1. The number of methoxy groups -OCH3 is 1. The van der Waals surface area contributed by atoms with Crippen molar-refractivity contribution in [1.82, 2.24) is 9.55 Å². The smallest absolute Gasteiger partial charge is 0.340 e. The minimum Gasteiger partial charge on any atom is -0.465 e. The van der Waals surface area contributed by atoms with Crippen molar-refractivity contribution in [2.75, 3.05) is 7.11 Å². The quantitative estimate of drug-likeness (QED) is 0.728. The van der Waals surface area contributed by atoms with Gasteiger partial charge >= 0.3 is 11.7 Å². The van der Waals surface area contributed by atoms with Gasteiger partial charge in [-0.15, -0.1) is 0 Å². The molecule has 0 aliphatic rings. The van der Waals surface area contributed by atoms with Crippen molar-refractivity contribution in [3.63, 3.8) is 0 Å². The predicted molar refractivity (Wildman–Crippen MR) is 54.8 cm³/mol. The lowest BCUT2D eigenvalue weighted by Crippen LogP contribution is -2.11. The number of halogens is 1. The highest BCUT2D eigenvalue weighted by Crippen LogP contribution is 2.18. The number of aromatic amines is 1. The van der Waals surface area contributed by atoms with Crippen LogP contribution in [0.25, 0.3) is 11.0 Å². The zero-order valence-electron chi connectivity index (χ0n) is 8.70. The summed E-state index contributed by atoms with van der Waals surface area (Å²) >= 11 is 0. The van der Waals surface area contributed by atoms with Gasteiger partial charge in [0.2, 0.25) is 0 Å². The van der Waals surface area contributed by atoms with Crippen molar-refractivity contribution < 1.29 is 13.9 Å². The molecule has 0 aliphatic carbocycles. The molecule has 0 saturated carbocycles. The van der Waals surface area contributed by atoms with Crippen molar-refractivity contribution in [2.45, 2.75) is 0 Å². The lowest BCUT2D eigenvalue weighted by Gasteiger charge is -2.01. The lowest BCUT2D eigenvalue weighted by atomic mass is 10.2. The Morgan fingerprint density at radius 1 is 1.50 bits per heavy atom. The van der Waals surface area contributed by atoms with Crippen LogP contribution in [-0.2, 0) is 11.8 Å². The number of hydrogen-bond donors (Lipinski definition) is 1. The number of nitrogens with one attached hydrogen (secondary N) is 1. The molecule has 6 heteroatoms. The third-order valence-electron chi connectivity index (χ3n) is 2.42. The summed E-state index contributed by atoms with van der Waals surface area (Å²) in [7, 11) is 2.68. The molecule has 1 N–H and O–H groups in total. The van der Waals surface area contributed by atoms with Crippen LogP contribution in [0.1, 0.15) is 10.4 Å². The molecule has 1 aromatic heterocycles. The second-order valence-corrected chi connectivity index (χ2v) is 3.30. The van der Waals surface area contributed by atoms with E-state index >= 15 is 0 Å². The number of nitrogens with zero attached hydrogens (tertiary/aromatic N) is 1. The molecule has 0 aliphatic heterocycles. The average Bonchev–Trinajstić information content (AvgIpc) is 2.57. The van der Waals surface area contributed by atoms with Gasteiger partial charge in [0.05, 0.1) is 18.2 Å². The molecule has 16 heavy (non-hydrogen) atoms. The molecule has 5 nitrogen and oxygen atoms in total.